The van der Waals surface area contributed by atoms with E-state index >= 15 is 0 Å². The van der Waals surface area contributed by atoms with Gasteiger partial charge in [-0.1, -0.05) is 12.1 Å². The summed E-state index contributed by atoms with van der Waals surface area (Å²) in [5, 5.41) is 8.27. The maximum absolute atomic E-state index is 8.27. The van der Waals surface area contributed by atoms with Crippen molar-refractivity contribution in [2.75, 3.05) is 0 Å². The summed E-state index contributed by atoms with van der Waals surface area (Å²) in [6, 6.07) is 11.7. The van der Waals surface area contributed by atoms with E-state index in [1.165, 1.54) is 0 Å². The molecule has 9 heavy (non-hydrogen) atoms. The van der Waals surface area contributed by atoms with E-state index in [2.05, 4.69) is 6.07 Å². The summed E-state index contributed by atoms with van der Waals surface area (Å²) in [6.45, 7) is 0. The van der Waals surface area contributed by atoms with E-state index in [-0.39, 0.29) is 18.9 Å². The van der Waals surface area contributed by atoms with Crippen LogP contribution in [0.25, 0.3) is 0 Å². The molecule has 2 heteroatoms. The Bertz CT molecular complexity index is 200. The second kappa shape index (κ2) is 4.21. The molecular weight excluding hydrogens is 105 g/mol. The third kappa shape index (κ3) is 2.38. The molecule has 0 aromatic heterocycles. The molecule has 1 nitrogen and oxygen atoms in total. The predicted octanol–water partition coefficient (Wildman–Crippen LogP) is 0.710. The molecule has 1 aromatic carbocycles. The van der Waals surface area contributed by atoms with Gasteiger partial charge in [0.15, 0.2) is 0 Å². The van der Waals surface area contributed by atoms with E-state index in [0.717, 1.165) is 0 Å². The second-order valence-corrected chi connectivity index (χ2v) is 1.40. The summed E-state index contributed by atoms with van der Waals surface area (Å²) in [6.07, 6.45) is 0. The van der Waals surface area contributed by atoms with E-state index in [9.17, 15) is 0 Å². The van der Waals surface area contributed by atoms with E-state index in [4.69, 9.17) is 5.26 Å². The van der Waals surface area contributed by atoms with Crippen molar-refractivity contribution < 1.29 is 0 Å². The Balaban J connectivity index is 0.000000640. The van der Waals surface area contributed by atoms with Crippen LogP contribution in [0.3, 0.4) is 0 Å². The van der Waals surface area contributed by atoms with Crippen LogP contribution in [0.1, 0.15) is 5.56 Å². The standard InChI is InChI=1S/C7H4N.Li.H/c8-6-7-4-2-1-3-5-7;;/h1-2,4-5H;;. The van der Waals surface area contributed by atoms with Crippen molar-refractivity contribution in [1.29, 1.82) is 5.26 Å². The van der Waals surface area contributed by atoms with E-state index < -0.39 is 0 Å². The Morgan fingerprint density at radius 2 is 2.33 bits per heavy atom. The molecule has 0 N–H and O–H groups in total. The van der Waals surface area contributed by atoms with Gasteiger partial charge in [0.1, 0.15) is 0 Å². The molecule has 0 heterocycles. The molecule has 1 rings (SSSR count). The third-order valence-electron chi connectivity index (χ3n) is 0.836. The first-order chi connectivity index (χ1) is 3.93. The number of nitrogens with zero attached hydrogens (tertiary/aromatic N) is 1. The van der Waals surface area contributed by atoms with Gasteiger partial charge in [-0.05, 0) is 18.2 Å². The molecule has 0 saturated heterocycles. The normalized spacial score (nSPS) is 7.00. The van der Waals surface area contributed by atoms with Crippen molar-refractivity contribution in [2.24, 2.45) is 0 Å². The first-order valence-corrected chi connectivity index (χ1v) is 2.29. The minimum absolute atomic E-state index is 0. The van der Waals surface area contributed by atoms with Gasteiger partial charge in [0, 0.05) is 0 Å². The summed E-state index contributed by atoms with van der Waals surface area (Å²) < 4.78 is 0. The summed E-state index contributed by atoms with van der Waals surface area (Å²) in [5.41, 5.74) is 0.660. The van der Waals surface area contributed by atoms with Crippen molar-refractivity contribution in [3.63, 3.8) is 0 Å². The number of nitriles is 1. The third-order valence-corrected chi connectivity index (χ3v) is 0.836. The molecular formula is C7H5LiN. The average molecular weight is 110 g/mol. The van der Waals surface area contributed by atoms with Crippen LogP contribution in [0, 0.1) is 17.4 Å². The molecule has 1 aromatic rings. The van der Waals surface area contributed by atoms with Crippen molar-refractivity contribution in [3.05, 3.63) is 35.9 Å². The molecule has 0 bridgehead atoms. The Labute approximate surface area is 66.5 Å². The summed E-state index contributed by atoms with van der Waals surface area (Å²) in [5.74, 6) is 0. The first-order valence-electron chi connectivity index (χ1n) is 2.29. The first kappa shape index (κ1) is 8.31. The van der Waals surface area contributed by atoms with Gasteiger partial charge in [-0.2, -0.15) is 5.26 Å². The van der Waals surface area contributed by atoms with Gasteiger partial charge in [-0.15, -0.1) is 0 Å². The van der Waals surface area contributed by atoms with Crippen LogP contribution in [0.4, 0.5) is 0 Å². The van der Waals surface area contributed by atoms with E-state index in [1.54, 1.807) is 24.3 Å². The van der Waals surface area contributed by atoms with Crippen molar-refractivity contribution >= 4 is 18.9 Å². The van der Waals surface area contributed by atoms with E-state index in [1.807, 2.05) is 6.07 Å². The van der Waals surface area contributed by atoms with Gasteiger partial charge in [-0.3, -0.25) is 0 Å². The monoisotopic (exact) mass is 110 g/mol. The van der Waals surface area contributed by atoms with Crippen LogP contribution in [0.5, 0.6) is 0 Å². The fourth-order valence-electron chi connectivity index (χ4n) is 0.463. The molecule has 0 aliphatic carbocycles. The van der Waals surface area contributed by atoms with Gasteiger partial charge >= 0.3 is 18.9 Å². The Morgan fingerprint density at radius 1 is 1.56 bits per heavy atom. The summed E-state index contributed by atoms with van der Waals surface area (Å²) in [7, 11) is 0. The Kier molecular flexibility index (Phi) is 3.89. The van der Waals surface area contributed by atoms with Crippen LogP contribution in [0.2, 0.25) is 0 Å². The second-order valence-electron chi connectivity index (χ2n) is 1.40. The van der Waals surface area contributed by atoms with Crippen LogP contribution >= 0.6 is 0 Å². The van der Waals surface area contributed by atoms with Crippen molar-refractivity contribution in [1.82, 2.24) is 0 Å². The van der Waals surface area contributed by atoms with Crippen LogP contribution < -0.4 is 0 Å². The van der Waals surface area contributed by atoms with Gasteiger partial charge in [0.05, 0.1) is 11.6 Å². The summed E-state index contributed by atoms with van der Waals surface area (Å²) >= 11 is 0. The van der Waals surface area contributed by atoms with Gasteiger partial charge < -0.3 is 0 Å². The number of hydrogen-bond acceptors (Lipinski definition) is 1. The quantitative estimate of drug-likeness (QED) is 0.451. The molecule has 0 spiro atoms. The topological polar surface area (TPSA) is 23.8 Å². The average Bonchev–Trinajstić information content (AvgIpc) is 1.90. The minimum atomic E-state index is 0. The zero-order valence-electron chi connectivity index (χ0n) is 4.26. The zero-order chi connectivity index (χ0) is 5.82. The van der Waals surface area contributed by atoms with Gasteiger partial charge in [-0.25, -0.2) is 0 Å². The number of rotatable bonds is 0. The number of hydrogen-bond donors (Lipinski definition) is 0. The fraction of sp³-hybridized carbons (Fsp3) is 0. The van der Waals surface area contributed by atoms with Gasteiger partial charge in [0.25, 0.3) is 0 Å². The molecule has 0 fully saturated rings. The molecule has 39 valence electrons. The summed E-state index contributed by atoms with van der Waals surface area (Å²) in [4.78, 5) is 0. The predicted molar refractivity (Wildman–Crippen MR) is 37.1 cm³/mol. The molecule has 0 saturated carbocycles. The molecule has 0 aliphatic rings. The Hall–Kier alpha value is -0.693. The molecule has 0 atom stereocenters. The number of benzene rings is 1. The zero-order valence-corrected chi connectivity index (χ0v) is 4.26. The molecule has 0 unspecified atom stereocenters. The van der Waals surface area contributed by atoms with Crippen molar-refractivity contribution in [2.45, 2.75) is 0 Å². The maximum atomic E-state index is 8.27. The Morgan fingerprint density at radius 3 is 2.67 bits per heavy atom. The SMILES string of the molecule is N#Cc1c[c]ccc1.[LiH]. The molecule has 0 aliphatic heterocycles. The van der Waals surface area contributed by atoms with Crippen LogP contribution in [0.15, 0.2) is 24.3 Å². The fourth-order valence-corrected chi connectivity index (χ4v) is 0.463. The van der Waals surface area contributed by atoms with E-state index in [0.29, 0.717) is 5.56 Å². The molecule has 1 radical (unpaired) electrons. The van der Waals surface area contributed by atoms with Crippen LogP contribution in [-0.2, 0) is 0 Å². The van der Waals surface area contributed by atoms with Crippen molar-refractivity contribution in [3.8, 4) is 6.07 Å². The molecule has 0 amide bonds. The van der Waals surface area contributed by atoms with Gasteiger partial charge in [0.2, 0.25) is 0 Å². The van der Waals surface area contributed by atoms with Crippen LogP contribution in [-0.4, -0.2) is 18.9 Å².